The molecule has 0 aromatic carbocycles. The van der Waals surface area contributed by atoms with Crippen LogP contribution in [0.5, 0.6) is 5.75 Å². The summed E-state index contributed by atoms with van der Waals surface area (Å²) in [6.07, 6.45) is 8.53. The molecule has 0 saturated carbocycles. The zero-order valence-corrected chi connectivity index (χ0v) is 21.1. The van der Waals surface area contributed by atoms with E-state index in [9.17, 15) is 9.90 Å². The van der Waals surface area contributed by atoms with Crippen molar-refractivity contribution in [1.29, 1.82) is 0 Å². The molecule has 35 heavy (non-hydrogen) atoms. The molecular weight excluding hydrogens is 491 g/mol. The third-order valence-electron chi connectivity index (χ3n) is 5.21. The van der Waals surface area contributed by atoms with Gasteiger partial charge in [0.15, 0.2) is 5.82 Å². The first kappa shape index (κ1) is 24.9. The highest BCUT2D eigenvalue weighted by atomic mass is 35.5. The maximum Gasteiger partial charge on any atom is 0.277 e. The predicted molar refractivity (Wildman–Crippen MR) is 134 cm³/mol. The van der Waals surface area contributed by atoms with Gasteiger partial charge in [-0.05, 0) is 52.0 Å². The first-order chi connectivity index (χ1) is 16.5. The van der Waals surface area contributed by atoms with Crippen molar-refractivity contribution >= 4 is 23.2 Å². The summed E-state index contributed by atoms with van der Waals surface area (Å²) in [5.41, 5.74) is 0.134. The van der Waals surface area contributed by atoms with Crippen LogP contribution in [0.2, 0.25) is 10.0 Å². The maximum atomic E-state index is 13.3. The van der Waals surface area contributed by atoms with Crippen molar-refractivity contribution in [3.05, 3.63) is 86.5 Å². The van der Waals surface area contributed by atoms with Gasteiger partial charge in [-0.2, -0.15) is 0 Å². The summed E-state index contributed by atoms with van der Waals surface area (Å²) in [6.45, 7) is 6.99. The Labute approximate surface area is 212 Å². The fourth-order valence-corrected chi connectivity index (χ4v) is 3.87. The molecule has 0 amide bonds. The molecular formula is C25H24Cl2N4O4. The number of rotatable bonds is 6. The van der Waals surface area contributed by atoms with Gasteiger partial charge < -0.3 is 14.6 Å². The Hall–Kier alpha value is -3.20. The fourth-order valence-electron chi connectivity index (χ4n) is 3.49. The average molecular weight is 515 g/mol. The van der Waals surface area contributed by atoms with Crippen molar-refractivity contribution in [1.82, 2.24) is 19.5 Å². The van der Waals surface area contributed by atoms with E-state index >= 15 is 0 Å². The van der Waals surface area contributed by atoms with E-state index in [0.717, 1.165) is 0 Å². The van der Waals surface area contributed by atoms with Crippen LogP contribution in [-0.4, -0.2) is 37.3 Å². The number of pyridine rings is 2. The zero-order valence-electron chi connectivity index (χ0n) is 19.6. The molecule has 0 aliphatic carbocycles. The fraction of sp³-hybridized carbons (Fsp3) is 0.280. The Balaban J connectivity index is 1.70. The molecule has 10 heteroatoms. The molecule has 8 nitrogen and oxygen atoms in total. The monoisotopic (exact) mass is 514 g/mol. The van der Waals surface area contributed by atoms with Crippen LogP contribution in [0.3, 0.4) is 0 Å². The molecule has 4 heterocycles. The van der Waals surface area contributed by atoms with E-state index in [4.69, 9.17) is 32.7 Å². The lowest BCUT2D eigenvalue weighted by molar-refractivity contribution is 0.0688. The van der Waals surface area contributed by atoms with Crippen LogP contribution in [0.15, 0.2) is 59.4 Å². The lowest BCUT2D eigenvalue weighted by Gasteiger charge is -2.19. The van der Waals surface area contributed by atoms with Crippen molar-refractivity contribution in [3.63, 3.8) is 0 Å². The molecule has 1 N–H and O–H groups in total. The summed E-state index contributed by atoms with van der Waals surface area (Å²) in [5, 5.41) is 10.4. The SMILES string of the molecule is Cc1cc(OCC2=CC=CC(C)O2)c(Cl)c(=O)n1-c1cc(-c2ccnc(C(C)(C)O)n2)ncc1Cl. The Bertz CT molecular complexity index is 1390. The Kier molecular flexibility index (Phi) is 6.98. The number of hydrogen-bond donors (Lipinski definition) is 1. The second-order valence-corrected chi connectivity index (χ2v) is 9.36. The zero-order chi connectivity index (χ0) is 25.3. The quantitative estimate of drug-likeness (QED) is 0.505. The van der Waals surface area contributed by atoms with Gasteiger partial charge in [0, 0.05) is 24.2 Å². The van der Waals surface area contributed by atoms with Gasteiger partial charge in [-0.1, -0.05) is 29.3 Å². The smallest absolute Gasteiger partial charge is 0.277 e. The molecule has 182 valence electrons. The largest absolute Gasteiger partial charge is 0.487 e. The highest BCUT2D eigenvalue weighted by molar-refractivity contribution is 6.33. The summed E-state index contributed by atoms with van der Waals surface area (Å²) in [4.78, 5) is 26.1. The van der Waals surface area contributed by atoms with Gasteiger partial charge in [0.1, 0.15) is 34.8 Å². The molecule has 1 unspecified atom stereocenters. The third-order valence-corrected chi connectivity index (χ3v) is 5.85. The van der Waals surface area contributed by atoms with Crippen molar-refractivity contribution in [2.75, 3.05) is 6.61 Å². The summed E-state index contributed by atoms with van der Waals surface area (Å²) in [6, 6.07) is 4.96. The van der Waals surface area contributed by atoms with E-state index < -0.39 is 11.2 Å². The van der Waals surface area contributed by atoms with E-state index in [2.05, 4.69) is 15.0 Å². The van der Waals surface area contributed by atoms with E-state index in [1.807, 2.05) is 19.1 Å². The minimum Gasteiger partial charge on any atom is -0.487 e. The van der Waals surface area contributed by atoms with Crippen molar-refractivity contribution < 1.29 is 14.6 Å². The van der Waals surface area contributed by atoms with Crippen molar-refractivity contribution in [2.24, 2.45) is 0 Å². The van der Waals surface area contributed by atoms with Crippen LogP contribution in [0.25, 0.3) is 17.1 Å². The van der Waals surface area contributed by atoms with Gasteiger partial charge in [0.05, 0.1) is 22.1 Å². The predicted octanol–water partition coefficient (Wildman–Crippen LogP) is 4.77. The molecule has 0 spiro atoms. The summed E-state index contributed by atoms with van der Waals surface area (Å²) in [5.74, 6) is 1.12. The number of aryl methyl sites for hydroxylation is 1. The standard InChI is InChI=1S/C25H24Cl2N4O4/c1-14-10-21(34-13-16-7-5-6-15(2)35-16)22(27)23(32)31(14)20-11-19(29-12-17(20)26)18-8-9-28-24(30-18)25(3,4)33/h5-12,15,33H,13H2,1-4H3. The lowest BCUT2D eigenvalue weighted by Crippen LogP contribution is -2.23. The molecule has 1 aliphatic heterocycles. The van der Waals surface area contributed by atoms with Crippen LogP contribution in [-0.2, 0) is 10.3 Å². The van der Waals surface area contributed by atoms with Crippen LogP contribution in [0, 0.1) is 6.92 Å². The molecule has 0 saturated heterocycles. The number of allylic oxidation sites excluding steroid dienone is 2. The van der Waals surface area contributed by atoms with E-state index in [1.54, 1.807) is 45.0 Å². The third kappa shape index (κ3) is 5.40. The topological polar surface area (TPSA) is 99.4 Å². The van der Waals surface area contributed by atoms with Crippen LogP contribution in [0.4, 0.5) is 0 Å². The molecule has 0 fully saturated rings. The van der Waals surface area contributed by atoms with Crippen molar-refractivity contribution in [2.45, 2.75) is 39.4 Å². The summed E-state index contributed by atoms with van der Waals surface area (Å²) in [7, 11) is 0. The highest BCUT2D eigenvalue weighted by Gasteiger charge is 2.21. The lowest BCUT2D eigenvalue weighted by atomic mass is 10.1. The normalized spacial score (nSPS) is 15.5. The Morgan fingerprint density at radius 2 is 2.00 bits per heavy atom. The number of aromatic nitrogens is 4. The van der Waals surface area contributed by atoms with Gasteiger partial charge in [-0.15, -0.1) is 0 Å². The van der Waals surface area contributed by atoms with Gasteiger partial charge in [0.2, 0.25) is 0 Å². The molecule has 0 bridgehead atoms. The van der Waals surface area contributed by atoms with Crippen LogP contribution >= 0.6 is 23.2 Å². The number of halogens is 2. The minimum atomic E-state index is -1.23. The number of nitrogens with zero attached hydrogens (tertiary/aromatic N) is 4. The first-order valence-electron chi connectivity index (χ1n) is 10.9. The molecule has 3 aromatic heterocycles. The van der Waals surface area contributed by atoms with E-state index in [-0.39, 0.29) is 34.3 Å². The van der Waals surface area contributed by atoms with E-state index in [1.165, 1.54) is 17.0 Å². The summed E-state index contributed by atoms with van der Waals surface area (Å²) < 4.78 is 12.9. The van der Waals surface area contributed by atoms with E-state index in [0.29, 0.717) is 28.5 Å². The maximum absolute atomic E-state index is 13.3. The summed E-state index contributed by atoms with van der Waals surface area (Å²) >= 11 is 12.8. The van der Waals surface area contributed by atoms with Gasteiger partial charge in [0.25, 0.3) is 5.56 Å². The average Bonchev–Trinajstić information content (AvgIpc) is 2.81. The van der Waals surface area contributed by atoms with Crippen LogP contribution < -0.4 is 10.3 Å². The second kappa shape index (κ2) is 9.81. The molecule has 0 radical (unpaired) electrons. The minimum absolute atomic E-state index is 0.0544. The number of aliphatic hydroxyl groups is 1. The van der Waals surface area contributed by atoms with Gasteiger partial charge in [-0.25, -0.2) is 9.97 Å². The molecule has 1 aliphatic rings. The first-order valence-corrected chi connectivity index (χ1v) is 11.6. The molecule has 4 rings (SSSR count). The number of ether oxygens (including phenoxy) is 2. The van der Waals surface area contributed by atoms with Gasteiger partial charge >= 0.3 is 0 Å². The van der Waals surface area contributed by atoms with Gasteiger partial charge in [-0.3, -0.25) is 14.3 Å². The number of hydrogen-bond acceptors (Lipinski definition) is 7. The Morgan fingerprint density at radius 3 is 2.71 bits per heavy atom. The van der Waals surface area contributed by atoms with Crippen molar-refractivity contribution in [3.8, 4) is 22.8 Å². The Morgan fingerprint density at radius 1 is 1.23 bits per heavy atom. The highest BCUT2D eigenvalue weighted by Crippen LogP contribution is 2.29. The molecule has 3 aromatic rings. The molecule has 1 atom stereocenters. The van der Waals surface area contributed by atoms with Crippen LogP contribution in [0.1, 0.15) is 32.3 Å². The second-order valence-electron chi connectivity index (χ2n) is 8.58.